The number of hydrogen-bond donors (Lipinski definition) is 1. The summed E-state index contributed by atoms with van der Waals surface area (Å²) in [7, 11) is 0. The summed E-state index contributed by atoms with van der Waals surface area (Å²) in [6, 6.07) is 11.6. The summed E-state index contributed by atoms with van der Waals surface area (Å²) in [5.41, 5.74) is 2.57. The van der Waals surface area contributed by atoms with Gasteiger partial charge in [0.05, 0.1) is 5.69 Å². The van der Waals surface area contributed by atoms with Crippen LogP contribution in [0, 0.1) is 6.92 Å². The van der Waals surface area contributed by atoms with Crippen molar-refractivity contribution in [3.05, 3.63) is 71.8 Å². The second-order valence-electron chi connectivity index (χ2n) is 4.61. The summed E-state index contributed by atoms with van der Waals surface area (Å²) < 4.78 is 0. The van der Waals surface area contributed by atoms with Gasteiger partial charge in [0.1, 0.15) is 6.10 Å². The first-order valence-electron chi connectivity index (χ1n) is 6.19. The fraction of sp³-hybridized carbons (Fsp3) is 0.125. The van der Waals surface area contributed by atoms with Crippen molar-refractivity contribution in [1.82, 2.24) is 9.97 Å². The minimum atomic E-state index is -0.728. The molecule has 1 aromatic carbocycles. The fourth-order valence-electron chi connectivity index (χ4n) is 2.18. The highest BCUT2D eigenvalue weighted by Gasteiger charge is 2.14. The number of rotatable bonds is 2. The summed E-state index contributed by atoms with van der Waals surface area (Å²) in [6.07, 6.45) is 4.57. The van der Waals surface area contributed by atoms with Gasteiger partial charge in [0.25, 0.3) is 0 Å². The number of fused-ring (bicyclic) bond motifs is 1. The Kier molecular flexibility index (Phi) is 2.97. The molecule has 0 aliphatic carbocycles. The molecule has 3 heteroatoms. The van der Waals surface area contributed by atoms with E-state index in [0.717, 1.165) is 21.9 Å². The quantitative estimate of drug-likeness (QED) is 0.760. The van der Waals surface area contributed by atoms with E-state index in [1.807, 2.05) is 43.3 Å². The first-order valence-corrected chi connectivity index (χ1v) is 6.19. The molecule has 2 heterocycles. The number of nitrogens with zero attached hydrogens (tertiary/aromatic N) is 2. The lowest BCUT2D eigenvalue weighted by Gasteiger charge is -2.13. The first kappa shape index (κ1) is 11.8. The van der Waals surface area contributed by atoms with Gasteiger partial charge < -0.3 is 5.11 Å². The van der Waals surface area contributed by atoms with Crippen LogP contribution in [-0.2, 0) is 0 Å². The van der Waals surface area contributed by atoms with Crippen LogP contribution in [0.15, 0.2) is 55.0 Å². The van der Waals surface area contributed by atoms with E-state index in [9.17, 15) is 5.11 Å². The van der Waals surface area contributed by atoms with Crippen LogP contribution < -0.4 is 0 Å². The van der Waals surface area contributed by atoms with Crippen molar-refractivity contribution in [3.8, 4) is 0 Å². The smallest absolute Gasteiger partial charge is 0.122 e. The highest BCUT2D eigenvalue weighted by molar-refractivity contribution is 5.85. The Morgan fingerprint density at radius 2 is 1.95 bits per heavy atom. The van der Waals surface area contributed by atoms with Crippen LogP contribution in [0.3, 0.4) is 0 Å². The Bertz CT molecular complexity index is 702. The molecule has 19 heavy (non-hydrogen) atoms. The summed E-state index contributed by atoms with van der Waals surface area (Å²) in [6.45, 7) is 1.98. The molecular formula is C16H14N2O. The van der Waals surface area contributed by atoms with Gasteiger partial charge in [0.15, 0.2) is 0 Å². The molecule has 3 rings (SSSR count). The van der Waals surface area contributed by atoms with E-state index in [-0.39, 0.29) is 0 Å². The minimum Gasteiger partial charge on any atom is -0.382 e. The van der Waals surface area contributed by atoms with E-state index in [1.54, 1.807) is 18.6 Å². The molecule has 0 aliphatic heterocycles. The fourth-order valence-corrected chi connectivity index (χ4v) is 2.18. The number of pyridine rings is 2. The van der Waals surface area contributed by atoms with Crippen molar-refractivity contribution in [3.63, 3.8) is 0 Å². The number of hydrogen-bond acceptors (Lipinski definition) is 3. The molecule has 0 aliphatic rings. The maximum atomic E-state index is 10.5. The first-order chi connectivity index (χ1) is 9.25. The van der Waals surface area contributed by atoms with Crippen LogP contribution in [0.1, 0.15) is 22.9 Å². The maximum absolute atomic E-state index is 10.5. The predicted molar refractivity (Wildman–Crippen MR) is 74.8 cm³/mol. The van der Waals surface area contributed by atoms with Crippen LogP contribution in [0.5, 0.6) is 0 Å². The Labute approximate surface area is 111 Å². The van der Waals surface area contributed by atoms with Gasteiger partial charge in [-0.05, 0) is 35.6 Å². The highest BCUT2D eigenvalue weighted by Crippen LogP contribution is 2.27. The van der Waals surface area contributed by atoms with Gasteiger partial charge in [-0.1, -0.05) is 24.3 Å². The summed E-state index contributed by atoms with van der Waals surface area (Å²) in [4.78, 5) is 8.42. The molecule has 0 bridgehead atoms. The molecule has 94 valence electrons. The Morgan fingerprint density at radius 3 is 2.74 bits per heavy atom. The van der Waals surface area contributed by atoms with Gasteiger partial charge in [0.2, 0.25) is 0 Å². The summed E-state index contributed by atoms with van der Waals surface area (Å²) in [5, 5.41) is 12.5. The Hall–Kier alpha value is -2.26. The topological polar surface area (TPSA) is 46.0 Å². The average molecular weight is 250 g/mol. The molecule has 3 nitrogen and oxygen atoms in total. The molecule has 0 radical (unpaired) electrons. The molecule has 0 saturated carbocycles. The number of benzene rings is 1. The van der Waals surface area contributed by atoms with Crippen molar-refractivity contribution in [2.45, 2.75) is 13.0 Å². The normalized spacial score (nSPS) is 12.5. The lowest BCUT2D eigenvalue weighted by molar-refractivity contribution is 0.217. The zero-order chi connectivity index (χ0) is 13.2. The highest BCUT2D eigenvalue weighted by atomic mass is 16.3. The van der Waals surface area contributed by atoms with Gasteiger partial charge >= 0.3 is 0 Å². The zero-order valence-electron chi connectivity index (χ0n) is 10.6. The van der Waals surface area contributed by atoms with Crippen LogP contribution in [0.4, 0.5) is 0 Å². The van der Waals surface area contributed by atoms with Crippen molar-refractivity contribution >= 4 is 10.8 Å². The number of aromatic nitrogens is 2. The zero-order valence-corrected chi connectivity index (χ0v) is 10.6. The van der Waals surface area contributed by atoms with Gasteiger partial charge in [-0.25, -0.2) is 0 Å². The van der Waals surface area contributed by atoms with Gasteiger partial charge in [-0.3, -0.25) is 9.97 Å². The van der Waals surface area contributed by atoms with Crippen LogP contribution >= 0.6 is 0 Å². The van der Waals surface area contributed by atoms with E-state index in [2.05, 4.69) is 9.97 Å². The van der Waals surface area contributed by atoms with Crippen molar-refractivity contribution in [2.24, 2.45) is 0 Å². The van der Waals surface area contributed by atoms with E-state index >= 15 is 0 Å². The van der Waals surface area contributed by atoms with Gasteiger partial charge in [-0.2, -0.15) is 0 Å². The third-order valence-electron chi connectivity index (χ3n) is 3.23. The van der Waals surface area contributed by atoms with Crippen molar-refractivity contribution in [2.75, 3.05) is 0 Å². The average Bonchev–Trinajstić information content (AvgIpc) is 2.47. The SMILES string of the molecule is Cc1ccc(C(O)c2cccc3ccncc23)nc1. The molecular weight excluding hydrogens is 236 g/mol. The van der Waals surface area contributed by atoms with E-state index in [1.165, 1.54) is 0 Å². The van der Waals surface area contributed by atoms with Crippen molar-refractivity contribution in [1.29, 1.82) is 0 Å². The number of aliphatic hydroxyl groups excluding tert-OH is 1. The molecule has 1 atom stereocenters. The standard InChI is InChI=1S/C16H14N2O/c1-11-5-6-15(18-9-11)16(19)13-4-2-3-12-7-8-17-10-14(12)13/h2-10,16,19H,1H3. The summed E-state index contributed by atoms with van der Waals surface area (Å²) in [5.74, 6) is 0. The third kappa shape index (κ3) is 2.20. The summed E-state index contributed by atoms with van der Waals surface area (Å²) >= 11 is 0. The monoisotopic (exact) mass is 250 g/mol. The van der Waals surface area contributed by atoms with Crippen LogP contribution in [0.25, 0.3) is 10.8 Å². The second-order valence-corrected chi connectivity index (χ2v) is 4.61. The molecule has 3 aromatic rings. The van der Waals surface area contributed by atoms with Gasteiger partial charge in [-0.15, -0.1) is 0 Å². The van der Waals surface area contributed by atoms with Crippen LogP contribution in [-0.4, -0.2) is 15.1 Å². The van der Waals surface area contributed by atoms with E-state index < -0.39 is 6.10 Å². The predicted octanol–water partition coefficient (Wildman–Crippen LogP) is 3.02. The molecule has 1 N–H and O–H groups in total. The lowest BCUT2D eigenvalue weighted by Crippen LogP contribution is -2.03. The largest absolute Gasteiger partial charge is 0.382 e. The molecule has 0 saturated heterocycles. The molecule has 0 spiro atoms. The minimum absolute atomic E-state index is 0.655. The number of aryl methyl sites for hydroxylation is 1. The van der Waals surface area contributed by atoms with E-state index in [0.29, 0.717) is 5.69 Å². The maximum Gasteiger partial charge on any atom is 0.122 e. The van der Waals surface area contributed by atoms with Crippen LogP contribution in [0.2, 0.25) is 0 Å². The second kappa shape index (κ2) is 4.78. The Balaban J connectivity index is 2.11. The molecule has 0 amide bonds. The third-order valence-corrected chi connectivity index (χ3v) is 3.23. The lowest BCUT2D eigenvalue weighted by atomic mass is 10.00. The molecule has 2 aromatic heterocycles. The molecule has 0 fully saturated rings. The van der Waals surface area contributed by atoms with E-state index in [4.69, 9.17) is 0 Å². The van der Waals surface area contributed by atoms with Crippen molar-refractivity contribution < 1.29 is 5.11 Å². The molecule has 1 unspecified atom stereocenters. The number of aliphatic hydroxyl groups is 1. The van der Waals surface area contributed by atoms with Gasteiger partial charge in [0, 0.05) is 24.0 Å². The Morgan fingerprint density at radius 1 is 1.05 bits per heavy atom.